The number of hydrogen-bond acceptors (Lipinski definition) is 4. The normalized spacial score (nSPS) is 11.3. The molecule has 22 heavy (non-hydrogen) atoms. The monoisotopic (exact) mass is 296 g/mol. The van der Waals surface area contributed by atoms with Crippen LogP contribution in [-0.4, -0.2) is 11.9 Å². The highest BCUT2D eigenvalue weighted by Crippen LogP contribution is 2.20. The second kappa shape index (κ2) is 7.78. The Morgan fingerprint density at radius 1 is 1.00 bits per heavy atom. The molecule has 0 aliphatic rings. The fourth-order valence-corrected chi connectivity index (χ4v) is 1.85. The molecule has 4 nitrogen and oxygen atoms in total. The summed E-state index contributed by atoms with van der Waals surface area (Å²) < 4.78 is 10.3. The molecule has 0 aliphatic carbocycles. The van der Waals surface area contributed by atoms with E-state index in [4.69, 9.17) is 9.47 Å². The van der Waals surface area contributed by atoms with Crippen LogP contribution in [0.15, 0.2) is 73.3 Å². The first-order valence-corrected chi connectivity index (χ1v) is 6.79. The lowest BCUT2D eigenvalue weighted by Crippen LogP contribution is -2.21. The SMILES string of the molecule is C=CC(=O)OC(C(=O)OCc1ccccc1)c1ccccc1. The average Bonchev–Trinajstić information content (AvgIpc) is 2.59. The predicted octanol–water partition coefficient (Wildman–Crippen LogP) is 3.20. The van der Waals surface area contributed by atoms with Crippen LogP contribution in [0, 0.1) is 0 Å². The minimum atomic E-state index is -1.10. The third-order valence-corrected chi connectivity index (χ3v) is 2.94. The van der Waals surface area contributed by atoms with Crippen molar-refractivity contribution < 1.29 is 19.1 Å². The molecule has 0 bridgehead atoms. The molecule has 0 spiro atoms. The van der Waals surface area contributed by atoms with Gasteiger partial charge in [0.2, 0.25) is 6.10 Å². The number of ether oxygens (including phenoxy) is 2. The van der Waals surface area contributed by atoms with Gasteiger partial charge < -0.3 is 9.47 Å². The van der Waals surface area contributed by atoms with E-state index in [1.165, 1.54) is 0 Å². The Kier molecular flexibility index (Phi) is 5.49. The smallest absolute Gasteiger partial charge is 0.352 e. The molecular weight excluding hydrogens is 280 g/mol. The van der Waals surface area contributed by atoms with Crippen molar-refractivity contribution in [1.82, 2.24) is 0 Å². The number of carbonyl (C=O) groups excluding carboxylic acids is 2. The average molecular weight is 296 g/mol. The Balaban J connectivity index is 2.09. The number of rotatable bonds is 6. The molecule has 0 saturated carbocycles. The largest absolute Gasteiger partial charge is 0.458 e. The Bertz CT molecular complexity index is 635. The van der Waals surface area contributed by atoms with E-state index in [9.17, 15) is 9.59 Å². The molecule has 0 heterocycles. The zero-order valence-electron chi connectivity index (χ0n) is 12.0. The highest BCUT2D eigenvalue weighted by Gasteiger charge is 2.25. The molecular formula is C18H16O4. The van der Waals surface area contributed by atoms with Crippen molar-refractivity contribution >= 4 is 11.9 Å². The Morgan fingerprint density at radius 3 is 2.18 bits per heavy atom. The third-order valence-electron chi connectivity index (χ3n) is 2.94. The minimum absolute atomic E-state index is 0.120. The third kappa shape index (κ3) is 4.31. The van der Waals surface area contributed by atoms with Crippen LogP contribution in [0.2, 0.25) is 0 Å². The molecule has 0 N–H and O–H groups in total. The molecule has 0 fully saturated rings. The van der Waals surface area contributed by atoms with Crippen LogP contribution >= 0.6 is 0 Å². The molecule has 2 aromatic rings. The molecule has 0 radical (unpaired) electrons. The summed E-state index contributed by atoms with van der Waals surface area (Å²) in [6, 6.07) is 18.0. The van der Waals surface area contributed by atoms with Crippen molar-refractivity contribution in [3.8, 4) is 0 Å². The number of hydrogen-bond donors (Lipinski definition) is 0. The van der Waals surface area contributed by atoms with Crippen molar-refractivity contribution in [2.75, 3.05) is 0 Å². The summed E-state index contributed by atoms with van der Waals surface area (Å²) in [6.45, 7) is 3.45. The van der Waals surface area contributed by atoms with Gasteiger partial charge in [-0.05, 0) is 5.56 Å². The minimum Gasteiger partial charge on any atom is -0.458 e. The molecule has 1 atom stereocenters. The Labute approximate surface area is 129 Å². The maximum absolute atomic E-state index is 12.2. The number of carbonyl (C=O) groups is 2. The summed E-state index contributed by atoms with van der Waals surface area (Å²) in [5, 5.41) is 0. The first kappa shape index (κ1) is 15.5. The molecule has 1 unspecified atom stereocenters. The van der Waals surface area contributed by atoms with Gasteiger partial charge in [0.15, 0.2) is 0 Å². The first-order valence-electron chi connectivity index (χ1n) is 6.79. The van der Waals surface area contributed by atoms with Crippen molar-refractivity contribution in [1.29, 1.82) is 0 Å². The van der Waals surface area contributed by atoms with Crippen molar-refractivity contribution in [3.63, 3.8) is 0 Å². The van der Waals surface area contributed by atoms with E-state index in [0.717, 1.165) is 11.6 Å². The van der Waals surface area contributed by atoms with E-state index in [1.807, 2.05) is 36.4 Å². The lowest BCUT2D eigenvalue weighted by atomic mass is 10.1. The van der Waals surface area contributed by atoms with Gasteiger partial charge in [0, 0.05) is 11.6 Å². The summed E-state index contributed by atoms with van der Waals surface area (Å²) in [7, 11) is 0. The van der Waals surface area contributed by atoms with Gasteiger partial charge in [0.1, 0.15) is 6.61 Å². The lowest BCUT2D eigenvalue weighted by Gasteiger charge is -2.16. The second-order valence-electron chi connectivity index (χ2n) is 4.53. The molecule has 2 aromatic carbocycles. The maximum Gasteiger partial charge on any atom is 0.352 e. The lowest BCUT2D eigenvalue weighted by molar-refractivity contribution is -0.166. The summed E-state index contributed by atoms with van der Waals surface area (Å²) in [4.78, 5) is 23.7. The second-order valence-corrected chi connectivity index (χ2v) is 4.53. The van der Waals surface area contributed by atoms with Gasteiger partial charge in [-0.2, -0.15) is 0 Å². The molecule has 0 amide bonds. The van der Waals surface area contributed by atoms with Crippen LogP contribution in [0.5, 0.6) is 0 Å². The van der Waals surface area contributed by atoms with E-state index < -0.39 is 18.0 Å². The van der Waals surface area contributed by atoms with Gasteiger partial charge in [-0.15, -0.1) is 0 Å². The highest BCUT2D eigenvalue weighted by atomic mass is 16.6. The van der Waals surface area contributed by atoms with Crippen LogP contribution in [0.4, 0.5) is 0 Å². The fourth-order valence-electron chi connectivity index (χ4n) is 1.85. The zero-order chi connectivity index (χ0) is 15.8. The first-order chi connectivity index (χ1) is 10.7. The van der Waals surface area contributed by atoms with Crippen LogP contribution in [0.1, 0.15) is 17.2 Å². The van der Waals surface area contributed by atoms with Crippen LogP contribution in [-0.2, 0) is 25.7 Å². The summed E-state index contributed by atoms with van der Waals surface area (Å²) >= 11 is 0. The van der Waals surface area contributed by atoms with Crippen LogP contribution < -0.4 is 0 Å². The Hall–Kier alpha value is -2.88. The number of esters is 2. The molecule has 0 saturated heterocycles. The maximum atomic E-state index is 12.2. The molecule has 0 aromatic heterocycles. The van der Waals surface area contributed by atoms with Gasteiger partial charge in [0.25, 0.3) is 0 Å². The van der Waals surface area contributed by atoms with Crippen molar-refractivity contribution in [2.45, 2.75) is 12.7 Å². The summed E-state index contributed by atoms with van der Waals surface area (Å²) in [5.41, 5.74) is 1.41. The standard InChI is InChI=1S/C18H16O4/c1-2-16(19)22-17(15-11-7-4-8-12-15)18(20)21-13-14-9-5-3-6-10-14/h2-12,17H,1,13H2. The Morgan fingerprint density at radius 2 is 1.59 bits per heavy atom. The number of benzene rings is 2. The van der Waals surface area contributed by atoms with E-state index in [0.29, 0.717) is 5.56 Å². The van der Waals surface area contributed by atoms with Gasteiger partial charge in [-0.3, -0.25) is 0 Å². The van der Waals surface area contributed by atoms with Crippen molar-refractivity contribution in [2.24, 2.45) is 0 Å². The van der Waals surface area contributed by atoms with E-state index >= 15 is 0 Å². The molecule has 2 rings (SSSR count). The quantitative estimate of drug-likeness (QED) is 0.607. The molecule has 0 aliphatic heterocycles. The molecule has 4 heteroatoms. The zero-order valence-corrected chi connectivity index (χ0v) is 12.0. The predicted molar refractivity (Wildman–Crippen MR) is 81.7 cm³/mol. The molecule has 112 valence electrons. The summed E-state index contributed by atoms with van der Waals surface area (Å²) in [5.74, 6) is -1.30. The summed E-state index contributed by atoms with van der Waals surface area (Å²) in [6.07, 6.45) is -0.0872. The van der Waals surface area contributed by atoms with E-state index in [-0.39, 0.29) is 6.61 Å². The van der Waals surface area contributed by atoms with Crippen LogP contribution in [0.3, 0.4) is 0 Å². The van der Waals surface area contributed by atoms with E-state index in [2.05, 4.69) is 6.58 Å². The van der Waals surface area contributed by atoms with Gasteiger partial charge in [0.05, 0.1) is 0 Å². The fraction of sp³-hybridized carbons (Fsp3) is 0.111. The van der Waals surface area contributed by atoms with Gasteiger partial charge in [-0.1, -0.05) is 67.2 Å². The van der Waals surface area contributed by atoms with Gasteiger partial charge in [-0.25, -0.2) is 9.59 Å². The van der Waals surface area contributed by atoms with Gasteiger partial charge >= 0.3 is 11.9 Å². The van der Waals surface area contributed by atoms with Crippen LogP contribution in [0.25, 0.3) is 0 Å². The van der Waals surface area contributed by atoms with E-state index in [1.54, 1.807) is 24.3 Å². The topological polar surface area (TPSA) is 52.6 Å². The highest BCUT2D eigenvalue weighted by molar-refractivity contribution is 5.85. The van der Waals surface area contributed by atoms with Crippen molar-refractivity contribution in [3.05, 3.63) is 84.4 Å².